The van der Waals surface area contributed by atoms with Crippen molar-refractivity contribution in [3.63, 3.8) is 0 Å². The number of phenols is 1. The molecule has 0 atom stereocenters. The molecule has 0 heterocycles. The average molecular weight is 219 g/mol. The predicted molar refractivity (Wildman–Crippen MR) is 61.9 cm³/mol. The van der Waals surface area contributed by atoms with E-state index in [4.69, 9.17) is 0 Å². The second-order valence-electron chi connectivity index (χ2n) is 4.33. The number of phenolic OH excluding ortho intramolecular Hbond substituents is 1. The van der Waals surface area contributed by atoms with Gasteiger partial charge in [0.1, 0.15) is 5.75 Å². The van der Waals surface area contributed by atoms with Gasteiger partial charge in [-0.15, -0.1) is 0 Å². The van der Waals surface area contributed by atoms with Crippen molar-refractivity contribution in [3.05, 3.63) is 29.8 Å². The quantitative estimate of drug-likeness (QED) is 0.818. The number of nitrogens with one attached hydrogen (secondary N) is 1. The summed E-state index contributed by atoms with van der Waals surface area (Å²) in [5, 5.41) is 12.4. The van der Waals surface area contributed by atoms with E-state index in [2.05, 4.69) is 5.32 Å². The molecule has 0 aromatic heterocycles. The maximum absolute atomic E-state index is 11.7. The molecule has 0 unspecified atom stereocenters. The predicted octanol–water partition coefficient (Wildman–Crippen LogP) is 2.20. The Morgan fingerprint density at radius 1 is 1.31 bits per heavy atom. The van der Waals surface area contributed by atoms with Crippen LogP contribution in [0.5, 0.6) is 5.75 Å². The molecule has 2 rings (SSSR count). The largest absolute Gasteiger partial charge is 0.508 e. The standard InChI is InChI=1S/C13H17NO2/c15-12-8-4-3-7-11(12)9-14-13(16)10-5-1-2-6-10/h3-4,7-8,10,15H,1-2,5-6,9H2,(H,14,16). The van der Waals surface area contributed by atoms with Crippen molar-refractivity contribution in [2.24, 2.45) is 5.92 Å². The van der Waals surface area contributed by atoms with Gasteiger partial charge < -0.3 is 10.4 Å². The first-order chi connectivity index (χ1) is 7.77. The lowest BCUT2D eigenvalue weighted by Crippen LogP contribution is -2.28. The molecule has 3 nitrogen and oxygen atoms in total. The van der Waals surface area contributed by atoms with Crippen molar-refractivity contribution in [2.75, 3.05) is 0 Å². The normalized spacial score (nSPS) is 16.2. The molecule has 1 fully saturated rings. The first kappa shape index (κ1) is 11.0. The lowest BCUT2D eigenvalue weighted by atomic mass is 10.1. The molecule has 2 N–H and O–H groups in total. The third-order valence-electron chi connectivity index (χ3n) is 3.17. The van der Waals surface area contributed by atoms with Gasteiger partial charge in [0.15, 0.2) is 0 Å². The van der Waals surface area contributed by atoms with Gasteiger partial charge in [-0.05, 0) is 18.9 Å². The molecule has 16 heavy (non-hydrogen) atoms. The van der Waals surface area contributed by atoms with E-state index in [1.165, 1.54) is 0 Å². The van der Waals surface area contributed by atoms with Gasteiger partial charge in [-0.25, -0.2) is 0 Å². The summed E-state index contributed by atoms with van der Waals surface area (Å²) in [6.45, 7) is 0.419. The molecule has 0 radical (unpaired) electrons. The number of carbonyl (C=O) groups excluding carboxylic acids is 1. The van der Waals surface area contributed by atoms with Crippen LogP contribution in [0.2, 0.25) is 0 Å². The summed E-state index contributed by atoms with van der Waals surface area (Å²) in [4.78, 5) is 11.7. The Balaban J connectivity index is 1.87. The molecule has 0 bridgehead atoms. The summed E-state index contributed by atoms with van der Waals surface area (Å²) in [6.07, 6.45) is 4.34. The maximum Gasteiger partial charge on any atom is 0.223 e. The van der Waals surface area contributed by atoms with Gasteiger partial charge in [0.2, 0.25) is 5.91 Å². The van der Waals surface area contributed by atoms with E-state index in [1.807, 2.05) is 12.1 Å². The lowest BCUT2D eigenvalue weighted by Gasteiger charge is -2.10. The molecule has 0 saturated heterocycles. The van der Waals surface area contributed by atoms with Gasteiger partial charge in [0.25, 0.3) is 0 Å². The molecule has 1 aromatic carbocycles. The minimum absolute atomic E-state index is 0.126. The lowest BCUT2D eigenvalue weighted by molar-refractivity contribution is -0.124. The molecule has 1 aromatic rings. The molecular weight excluding hydrogens is 202 g/mol. The Morgan fingerprint density at radius 2 is 2.00 bits per heavy atom. The van der Waals surface area contributed by atoms with E-state index in [9.17, 15) is 9.90 Å². The number of hydrogen-bond donors (Lipinski definition) is 2. The Morgan fingerprint density at radius 3 is 2.69 bits per heavy atom. The van der Waals surface area contributed by atoms with E-state index < -0.39 is 0 Å². The average Bonchev–Trinajstić information content (AvgIpc) is 2.81. The summed E-state index contributed by atoms with van der Waals surface area (Å²) in [7, 11) is 0. The summed E-state index contributed by atoms with van der Waals surface area (Å²) < 4.78 is 0. The zero-order valence-electron chi connectivity index (χ0n) is 9.28. The second-order valence-corrected chi connectivity index (χ2v) is 4.33. The van der Waals surface area contributed by atoms with Gasteiger partial charge in [-0.3, -0.25) is 4.79 Å². The highest BCUT2D eigenvalue weighted by atomic mass is 16.3. The van der Waals surface area contributed by atoms with Crippen LogP contribution in [0.4, 0.5) is 0 Å². The highest BCUT2D eigenvalue weighted by Crippen LogP contribution is 2.25. The van der Waals surface area contributed by atoms with Crippen molar-refractivity contribution in [3.8, 4) is 5.75 Å². The van der Waals surface area contributed by atoms with Gasteiger partial charge in [0.05, 0.1) is 0 Å². The minimum Gasteiger partial charge on any atom is -0.508 e. The minimum atomic E-state index is 0.126. The number of benzene rings is 1. The number of para-hydroxylation sites is 1. The van der Waals surface area contributed by atoms with Gasteiger partial charge >= 0.3 is 0 Å². The van der Waals surface area contributed by atoms with Crippen LogP contribution < -0.4 is 5.32 Å². The number of amides is 1. The van der Waals surface area contributed by atoms with Crippen molar-refractivity contribution >= 4 is 5.91 Å². The fourth-order valence-electron chi connectivity index (χ4n) is 2.17. The van der Waals surface area contributed by atoms with Gasteiger partial charge in [-0.1, -0.05) is 31.0 Å². The summed E-state index contributed by atoms with van der Waals surface area (Å²) >= 11 is 0. The maximum atomic E-state index is 11.7. The SMILES string of the molecule is O=C(NCc1ccccc1O)C1CCCC1. The second kappa shape index (κ2) is 5.01. The Bertz CT molecular complexity index is 370. The number of hydrogen-bond acceptors (Lipinski definition) is 2. The Kier molecular flexibility index (Phi) is 3.44. The van der Waals surface area contributed by atoms with Crippen LogP contribution in [0.1, 0.15) is 31.2 Å². The molecule has 1 saturated carbocycles. The van der Waals surface area contributed by atoms with Crippen LogP contribution >= 0.6 is 0 Å². The van der Waals surface area contributed by atoms with Crippen LogP contribution in [-0.2, 0) is 11.3 Å². The van der Waals surface area contributed by atoms with Crippen LogP contribution in [0.3, 0.4) is 0 Å². The summed E-state index contributed by atoms with van der Waals surface area (Å²) in [5.74, 6) is 0.556. The number of rotatable bonds is 3. The molecule has 1 aliphatic rings. The van der Waals surface area contributed by atoms with E-state index in [1.54, 1.807) is 12.1 Å². The van der Waals surface area contributed by atoms with Crippen LogP contribution in [0.25, 0.3) is 0 Å². The highest BCUT2D eigenvalue weighted by molar-refractivity contribution is 5.78. The van der Waals surface area contributed by atoms with Crippen molar-refractivity contribution < 1.29 is 9.90 Å². The summed E-state index contributed by atoms with van der Waals surface area (Å²) in [6, 6.07) is 7.09. The van der Waals surface area contributed by atoms with Gasteiger partial charge in [0, 0.05) is 18.0 Å². The molecule has 0 aliphatic heterocycles. The van der Waals surface area contributed by atoms with E-state index in [0.717, 1.165) is 31.2 Å². The molecule has 0 spiro atoms. The topological polar surface area (TPSA) is 49.3 Å². The third kappa shape index (κ3) is 2.54. The Hall–Kier alpha value is -1.51. The smallest absolute Gasteiger partial charge is 0.223 e. The van der Waals surface area contributed by atoms with Crippen LogP contribution in [-0.4, -0.2) is 11.0 Å². The van der Waals surface area contributed by atoms with Crippen molar-refractivity contribution in [2.45, 2.75) is 32.2 Å². The molecule has 86 valence electrons. The van der Waals surface area contributed by atoms with Gasteiger partial charge in [-0.2, -0.15) is 0 Å². The number of carbonyl (C=O) groups is 1. The summed E-state index contributed by atoms with van der Waals surface area (Å²) in [5.41, 5.74) is 0.772. The third-order valence-corrected chi connectivity index (χ3v) is 3.17. The zero-order valence-corrected chi connectivity index (χ0v) is 9.28. The number of aromatic hydroxyl groups is 1. The fraction of sp³-hybridized carbons (Fsp3) is 0.462. The first-order valence-corrected chi connectivity index (χ1v) is 5.82. The molecular formula is C13H17NO2. The monoisotopic (exact) mass is 219 g/mol. The van der Waals surface area contributed by atoms with E-state index in [0.29, 0.717) is 6.54 Å². The zero-order chi connectivity index (χ0) is 11.4. The molecule has 1 aliphatic carbocycles. The highest BCUT2D eigenvalue weighted by Gasteiger charge is 2.22. The van der Waals surface area contributed by atoms with E-state index >= 15 is 0 Å². The molecule has 3 heteroatoms. The molecule has 1 amide bonds. The van der Waals surface area contributed by atoms with Crippen molar-refractivity contribution in [1.29, 1.82) is 0 Å². The van der Waals surface area contributed by atoms with Crippen molar-refractivity contribution in [1.82, 2.24) is 5.32 Å². The van der Waals surface area contributed by atoms with Crippen LogP contribution in [0.15, 0.2) is 24.3 Å². The first-order valence-electron chi connectivity index (χ1n) is 5.82. The van der Waals surface area contributed by atoms with E-state index in [-0.39, 0.29) is 17.6 Å². The Labute approximate surface area is 95.5 Å². The van der Waals surface area contributed by atoms with Crippen LogP contribution in [0, 0.1) is 5.92 Å². The fourth-order valence-corrected chi connectivity index (χ4v) is 2.17.